The van der Waals surface area contributed by atoms with Gasteiger partial charge in [-0.05, 0) is 30.5 Å². The van der Waals surface area contributed by atoms with Crippen LogP contribution in [0.25, 0.3) is 22.3 Å². The summed E-state index contributed by atoms with van der Waals surface area (Å²) in [4.78, 5) is 21.3. The Bertz CT molecular complexity index is 1410. The van der Waals surface area contributed by atoms with Gasteiger partial charge in [0.2, 0.25) is 0 Å². The maximum absolute atomic E-state index is 12.6. The standard InChI is InChI=1S/C28H30N6O2/c1-3-14-36-22-13-12-21(15-22)34-27-24(26(29)31-17-32-27)25(33-34)20-10-8-19(9-11-20)16-30-28(35)23-7-5-4-6-18(23)2/h4-13,17,21-22H,3,14-16H2,1-2H3,(H,30,35)(H2,29,31,32)/t21-,22-/m0/s1. The number of benzene rings is 2. The zero-order valence-corrected chi connectivity index (χ0v) is 20.5. The highest BCUT2D eigenvalue weighted by Gasteiger charge is 2.26. The van der Waals surface area contributed by atoms with Crippen LogP contribution in [0.3, 0.4) is 0 Å². The molecule has 1 aliphatic rings. The number of nitrogens with zero attached hydrogens (tertiary/aromatic N) is 4. The molecule has 0 fully saturated rings. The predicted molar refractivity (Wildman–Crippen MR) is 140 cm³/mol. The van der Waals surface area contributed by atoms with Crippen LogP contribution in [0, 0.1) is 6.92 Å². The van der Waals surface area contributed by atoms with Crippen molar-refractivity contribution in [2.75, 3.05) is 12.3 Å². The molecule has 2 heterocycles. The first kappa shape index (κ1) is 23.7. The van der Waals surface area contributed by atoms with Crippen LogP contribution in [0.1, 0.15) is 47.3 Å². The van der Waals surface area contributed by atoms with E-state index in [9.17, 15) is 4.79 Å². The van der Waals surface area contributed by atoms with E-state index in [4.69, 9.17) is 15.6 Å². The quantitative estimate of drug-likeness (QED) is 0.355. The molecule has 2 atom stereocenters. The van der Waals surface area contributed by atoms with Gasteiger partial charge in [0.25, 0.3) is 5.91 Å². The maximum atomic E-state index is 12.6. The topological polar surface area (TPSA) is 108 Å². The van der Waals surface area contributed by atoms with E-state index < -0.39 is 0 Å². The highest BCUT2D eigenvalue weighted by Crippen LogP contribution is 2.34. The van der Waals surface area contributed by atoms with Gasteiger partial charge in [0, 0.05) is 30.7 Å². The Morgan fingerprint density at radius 2 is 1.94 bits per heavy atom. The van der Waals surface area contributed by atoms with Gasteiger partial charge in [-0.3, -0.25) is 4.79 Å². The van der Waals surface area contributed by atoms with Crippen molar-refractivity contribution in [2.45, 2.75) is 45.4 Å². The molecular formula is C28H30N6O2. The smallest absolute Gasteiger partial charge is 0.251 e. The number of anilines is 1. The van der Waals surface area contributed by atoms with Crippen molar-refractivity contribution >= 4 is 22.8 Å². The lowest BCUT2D eigenvalue weighted by atomic mass is 10.1. The van der Waals surface area contributed by atoms with E-state index in [1.807, 2.05) is 60.1 Å². The number of nitrogens with two attached hydrogens (primary N) is 1. The molecule has 5 rings (SSSR count). The predicted octanol–water partition coefficient (Wildman–Crippen LogP) is 4.61. The summed E-state index contributed by atoms with van der Waals surface area (Å²) < 4.78 is 7.82. The van der Waals surface area contributed by atoms with Crippen LogP contribution in [-0.4, -0.2) is 38.4 Å². The molecule has 8 heteroatoms. The van der Waals surface area contributed by atoms with E-state index in [2.05, 4.69) is 34.4 Å². The third kappa shape index (κ3) is 4.72. The number of rotatable bonds is 8. The van der Waals surface area contributed by atoms with Crippen molar-refractivity contribution in [3.63, 3.8) is 0 Å². The summed E-state index contributed by atoms with van der Waals surface area (Å²) in [5, 5.41) is 8.66. The number of carbonyl (C=O) groups is 1. The molecule has 3 N–H and O–H groups in total. The molecule has 0 bridgehead atoms. The van der Waals surface area contributed by atoms with Gasteiger partial charge in [-0.25, -0.2) is 14.6 Å². The number of aryl methyl sites for hydroxylation is 1. The van der Waals surface area contributed by atoms with Gasteiger partial charge in [0.05, 0.1) is 17.5 Å². The van der Waals surface area contributed by atoms with E-state index in [1.165, 1.54) is 6.33 Å². The lowest BCUT2D eigenvalue weighted by Crippen LogP contribution is -2.23. The summed E-state index contributed by atoms with van der Waals surface area (Å²) in [7, 11) is 0. The Labute approximate surface area is 210 Å². The largest absolute Gasteiger partial charge is 0.383 e. The van der Waals surface area contributed by atoms with Crippen LogP contribution >= 0.6 is 0 Å². The van der Waals surface area contributed by atoms with Gasteiger partial charge < -0.3 is 15.8 Å². The van der Waals surface area contributed by atoms with Crippen molar-refractivity contribution < 1.29 is 9.53 Å². The van der Waals surface area contributed by atoms with Crippen molar-refractivity contribution in [1.29, 1.82) is 0 Å². The van der Waals surface area contributed by atoms with Gasteiger partial charge in [0.15, 0.2) is 5.65 Å². The molecule has 0 radical (unpaired) electrons. The van der Waals surface area contributed by atoms with Crippen LogP contribution < -0.4 is 11.1 Å². The van der Waals surface area contributed by atoms with Gasteiger partial charge in [-0.2, -0.15) is 5.10 Å². The molecule has 0 unspecified atom stereocenters. The molecule has 36 heavy (non-hydrogen) atoms. The van der Waals surface area contributed by atoms with Crippen LogP contribution in [0.2, 0.25) is 0 Å². The molecule has 2 aromatic heterocycles. The fourth-order valence-corrected chi connectivity index (χ4v) is 4.54. The van der Waals surface area contributed by atoms with Crippen LogP contribution in [0.15, 0.2) is 67.0 Å². The summed E-state index contributed by atoms with van der Waals surface area (Å²) >= 11 is 0. The van der Waals surface area contributed by atoms with Crippen LogP contribution in [0.5, 0.6) is 0 Å². The molecule has 0 saturated carbocycles. The summed E-state index contributed by atoms with van der Waals surface area (Å²) in [5.74, 6) is 0.314. The van der Waals surface area contributed by atoms with Gasteiger partial charge in [0.1, 0.15) is 17.8 Å². The van der Waals surface area contributed by atoms with Crippen LogP contribution in [0.4, 0.5) is 5.82 Å². The van der Waals surface area contributed by atoms with E-state index in [1.54, 1.807) is 0 Å². The number of hydrogen-bond donors (Lipinski definition) is 2. The molecule has 0 spiro atoms. The fourth-order valence-electron chi connectivity index (χ4n) is 4.54. The van der Waals surface area contributed by atoms with Crippen molar-refractivity contribution in [2.24, 2.45) is 0 Å². The zero-order chi connectivity index (χ0) is 25.1. The number of hydrogen-bond acceptors (Lipinski definition) is 6. The highest BCUT2D eigenvalue weighted by molar-refractivity contribution is 5.98. The summed E-state index contributed by atoms with van der Waals surface area (Å²) in [6, 6.07) is 15.6. The van der Waals surface area contributed by atoms with E-state index in [-0.39, 0.29) is 18.1 Å². The lowest BCUT2D eigenvalue weighted by Gasteiger charge is -2.13. The second-order valence-corrected chi connectivity index (χ2v) is 9.04. The number of amides is 1. The van der Waals surface area contributed by atoms with Crippen molar-refractivity contribution in [1.82, 2.24) is 25.1 Å². The Morgan fingerprint density at radius 3 is 2.72 bits per heavy atom. The molecule has 2 aromatic carbocycles. The van der Waals surface area contributed by atoms with E-state index in [0.29, 0.717) is 23.6 Å². The lowest BCUT2D eigenvalue weighted by molar-refractivity contribution is 0.0799. The molecule has 1 aliphatic carbocycles. The van der Waals surface area contributed by atoms with Gasteiger partial charge in [-0.1, -0.05) is 61.5 Å². The highest BCUT2D eigenvalue weighted by atomic mass is 16.5. The molecule has 0 saturated heterocycles. The van der Waals surface area contributed by atoms with Gasteiger partial charge in [-0.15, -0.1) is 0 Å². The zero-order valence-electron chi connectivity index (χ0n) is 20.5. The minimum Gasteiger partial charge on any atom is -0.383 e. The SMILES string of the molecule is CCCO[C@H]1C=C[C@H](n2nc(-c3ccc(CNC(=O)c4ccccc4C)cc3)c3c(N)ncnc32)C1. The molecule has 4 aromatic rings. The second-order valence-electron chi connectivity index (χ2n) is 9.04. The first-order valence-electron chi connectivity index (χ1n) is 12.3. The Morgan fingerprint density at radius 1 is 1.14 bits per heavy atom. The number of ether oxygens (including phenoxy) is 1. The minimum absolute atomic E-state index is 0.0355. The molecule has 184 valence electrons. The van der Waals surface area contributed by atoms with E-state index >= 15 is 0 Å². The molecule has 0 aliphatic heterocycles. The first-order chi connectivity index (χ1) is 17.5. The normalized spacial score (nSPS) is 17.1. The number of nitrogen functional groups attached to an aromatic ring is 1. The Balaban J connectivity index is 1.37. The molecule has 1 amide bonds. The summed E-state index contributed by atoms with van der Waals surface area (Å²) in [6.45, 7) is 5.20. The summed E-state index contributed by atoms with van der Waals surface area (Å²) in [6.07, 6.45) is 7.56. The number of allylic oxidation sites excluding steroid dienone is 1. The number of fused-ring (bicyclic) bond motifs is 1. The third-order valence-electron chi connectivity index (χ3n) is 6.46. The number of carbonyl (C=O) groups excluding carboxylic acids is 1. The average molecular weight is 483 g/mol. The molecule has 8 nitrogen and oxygen atoms in total. The second kappa shape index (κ2) is 10.3. The van der Waals surface area contributed by atoms with Crippen LogP contribution in [-0.2, 0) is 11.3 Å². The Hall–Kier alpha value is -4.04. The number of aromatic nitrogens is 4. The maximum Gasteiger partial charge on any atom is 0.251 e. The van der Waals surface area contributed by atoms with Crippen molar-refractivity contribution in [3.05, 3.63) is 83.7 Å². The van der Waals surface area contributed by atoms with Crippen molar-refractivity contribution in [3.8, 4) is 11.3 Å². The minimum atomic E-state index is -0.0855. The summed E-state index contributed by atoms with van der Waals surface area (Å²) in [5.41, 5.74) is 11.3. The van der Waals surface area contributed by atoms with Gasteiger partial charge >= 0.3 is 0 Å². The van der Waals surface area contributed by atoms with E-state index in [0.717, 1.165) is 47.2 Å². The Kier molecular flexibility index (Phi) is 6.77. The first-order valence-corrected chi connectivity index (χ1v) is 12.3. The number of nitrogens with one attached hydrogen (secondary N) is 1. The fraction of sp³-hybridized carbons (Fsp3) is 0.286. The average Bonchev–Trinajstić information content (AvgIpc) is 3.52. The third-order valence-corrected chi connectivity index (χ3v) is 6.46. The molecular weight excluding hydrogens is 452 g/mol. The monoisotopic (exact) mass is 482 g/mol.